The monoisotopic (exact) mass is 364 g/mol. The molecule has 0 aliphatic carbocycles. The Kier molecular flexibility index (Phi) is 3.85. The Morgan fingerprint density at radius 2 is 1.81 bits per heavy atom. The molecule has 2 heterocycles. The van der Waals surface area contributed by atoms with Crippen LogP contribution in [0.1, 0.15) is 27.0 Å². The smallest absolute Gasteiger partial charge is 0.335 e. The van der Waals surface area contributed by atoms with E-state index < -0.39 is 5.97 Å². The number of hydrogen-bond acceptors (Lipinski definition) is 5. The number of fused-ring (bicyclic) bond motifs is 1. The van der Waals surface area contributed by atoms with Gasteiger partial charge in [0.2, 0.25) is 5.82 Å². The van der Waals surface area contributed by atoms with Crippen LogP contribution in [0.4, 0.5) is 0 Å². The van der Waals surface area contributed by atoms with Gasteiger partial charge in [0.15, 0.2) is 5.76 Å². The van der Waals surface area contributed by atoms with E-state index in [-0.39, 0.29) is 0 Å². The third-order valence-corrected chi connectivity index (χ3v) is 5.21. The van der Waals surface area contributed by atoms with Crippen molar-refractivity contribution >= 4 is 28.5 Å². The highest BCUT2D eigenvalue weighted by atomic mass is 32.1. The van der Waals surface area contributed by atoms with Crippen molar-refractivity contribution in [1.82, 2.24) is 9.36 Å². The molecule has 1 N–H and O–H groups in total. The first-order valence-corrected chi connectivity index (χ1v) is 8.89. The average molecular weight is 364 g/mol. The molecule has 26 heavy (non-hydrogen) atoms. The minimum Gasteiger partial charge on any atom is -0.478 e. The largest absolute Gasteiger partial charge is 0.478 e. The predicted octanol–water partition coefficient (Wildman–Crippen LogP) is 5.24. The van der Waals surface area contributed by atoms with Gasteiger partial charge >= 0.3 is 5.97 Å². The molecule has 0 fully saturated rings. The number of benzene rings is 2. The van der Waals surface area contributed by atoms with Gasteiger partial charge in [-0.15, -0.1) is 0 Å². The van der Waals surface area contributed by atoms with E-state index in [0.717, 1.165) is 32.7 Å². The first kappa shape index (κ1) is 16.5. The first-order valence-electron chi connectivity index (χ1n) is 8.12. The summed E-state index contributed by atoms with van der Waals surface area (Å²) in [6.07, 6.45) is 0. The second-order valence-corrected chi connectivity index (χ2v) is 7.06. The fourth-order valence-corrected chi connectivity index (χ4v) is 3.64. The Hall–Kier alpha value is -2.99. The van der Waals surface area contributed by atoms with Crippen LogP contribution in [0.3, 0.4) is 0 Å². The van der Waals surface area contributed by atoms with E-state index in [1.165, 1.54) is 11.5 Å². The van der Waals surface area contributed by atoms with Crippen LogP contribution in [-0.4, -0.2) is 20.4 Å². The van der Waals surface area contributed by atoms with Crippen LogP contribution in [0.15, 0.2) is 40.8 Å². The maximum atomic E-state index is 11.2. The van der Waals surface area contributed by atoms with Gasteiger partial charge in [-0.1, -0.05) is 18.2 Å². The van der Waals surface area contributed by atoms with Crippen LogP contribution < -0.4 is 0 Å². The quantitative estimate of drug-likeness (QED) is 0.538. The average Bonchev–Trinajstić information content (AvgIpc) is 3.25. The molecule has 6 heteroatoms. The second-order valence-electron chi connectivity index (χ2n) is 6.31. The Labute approximate surface area is 154 Å². The molecular weight excluding hydrogens is 348 g/mol. The molecular formula is C20H16N2O3S. The summed E-state index contributed by atoms with van der Waals surface area (Å²) in [4.78, 5) is 15.7. The number of aryl methyl sites for hydroxylation is 3. The zero-order valence-corrected chi connectivity index (χ0v) is 15.3. The van der Waals surface area contributed by atoms with Gasteiger partial charge < -0.3 is 9.52 Å². The lowest BCUT2D eigenvalue weighted by Crippen LogP contribution is -1.99. The third kappa shape index (κ3) is 2.68. The van der Waals surface area contributed by atoms with Gasteiger partial charge in [0.05, 0.1) is 5.56 Å². The van der Waals surface area contributed by atoms with Crippen molar-refractivity contribution < 1.29 is 14.3 Å². The van der Waals surface area contributed by atoms with Crippen molar-refractivity contribution in [3.8, 4) is 22.2 Å². The number of carbonyl (C=O) groups is 1. The molecule has 4 aromatic rings. The van der Waals surface area contributed by atoms with Crippen molar-refractivity contribution in [3.05, 3.63) is 58.7 Å². The first-order chi connectivity index (χ1) is 12.4. The maximum Gasteiger partial charge on any atom is 0.335 e. The summed E-state index contributed by atoms with van der Waals surface area (Å²) in [5.74, 6) is 0.249. The van der Waals surface area contributed by atoms with Crippen LogP contribution >= 0.6 is 11.5 Å². The summed E-state index contributed by atoms with van der Waals surface area (Å²) in [6, 6.07) is 11.3. The molecule has 0 atom stereocenters. The molecule has 0 saturated carbocycles. The van der Waals surface area contributed by atoms with Crippen molar-refractivity contribution in [2.45, 2.75) is 20.8 Å². The molecule has 0 unspecified atom stereocenters. The molecule has 2 aromatic heterocycles. The normalized spacial score (nSPS) is 11.2. The van der Waals surface area contributed by atoms with Gasteiger partial charge in [0.1, 0.15) is 10.6 Å². The third-order valence-electron chi connectivity index (χ3n) is 4.45. The van der Waals surface area contributed by atoms with E-state index in [1.54, 1.807) is 19.1 Å². The van der Waals surface area contributed by atoms with Crippen molar-refractivity contribution in [2.75, 3.05) is 0 Å². The van der Waals surface area contributed by atoms with Gasteiger partial charge in [0.25, 0.3) is 0 Å². The summed E-state index contributed by atoms with van der Waals surface area (Å²) in [6.45, 7) is 5.84. The van der Waals surface area contributed by atoms with E-state index >= 15 is 0 Å². The van der Waals surface area contributed by atoms with E-state index in [2.05, 4.69) is 15.4 Å². The molecule has 4 rings (SSSR count). The lowest BCUT2D eigenvalue weighted by atomic mass is 10.1. The lowest BCUT2D eigenvalue weighted by molar-refractivity contribution is 0.0696. The molecule has 5 nitrogen and oxygen atoms in total. The molecule has 0 bridgehead atoms. The van der Waals surface area contributed by atoms with E-state index in [9.17, 15) is 4.79 Å². The molecule has 0 aliphatic rings. The van der Waals surface area contributed by atoms with Crippen LogP contribution in [-0.2, 0) is 0 Å². The zero-order chi connectivity index (χ0) is 18.4. The number of furan rings is 1. The summed E-state index contributed by atoms with van der Waals surface area (Å²) >= 11 is 1.27. The molecule has 130 valence electrons. The van der Waals surface area contributed by atoms with Gasteiger partial charge in [0, 0.05) is 10.9 Å². The number of hydrogen-bond donors (Lipinski definition) is 1. The number of aromatic carboxylic acids is 1. The number of nitrogens with zero attached hydrogens (tertiary/aromatic N) is 2. The highest BCUT2D eigenvalue weighted by Crippen LogP contribution is 2.33. The Morgan fingerprint density at radius 1 is 1.04 bits per heavy atom. The SMILES string of the molecule is Cc1cc(-c2nc(-c3cc4c(C)ccc(C)c4o3)ns2)ccc1C(=O)O. The molecule has 0 radical (unpaired) electrons. The summed E-state index contributed by atoms with van der Waals surface area (Å²) in [5, 5.41) is 11.0. The highest BCUT2D eigenvalue weighted by Gasteiger charge is 2.16. The topological polar surface area (TPSA) is 76.2 Å². The van der Waals surface area contributed by atoms with Crippen LogP contribution in [0.2, 0.25) is 0 Å². The van der Waals surface area contributed by atoms with Gasteiger partial charge in [-0.3, -0.25) is 0 Å². The summed E-state index contributed by atoms with van der Waals surface area (Å²) < 4.78 is 10.4. The minimum absolute atomic E-state index is 0.293. The number of carboxylic acid groups (broad SMARTS) is 1. The van der Waals surface area contributed by atoms with E-state index in [0.29, 0.717) is 22.7 Å². The lowest BCUT2D eigenvalue weighted by Gasteiger charge is -2.02. The number of rotatable bonds is 3. The summed E-state index contributed by atoms with van der Waals surface area (Å²) in [5.41, 5.74) is 4.92. The van der Waals surface area contributed by atoms with Crippen LogP contribution in [0.5, 0.6) is 0 Å². The molecule has 0 spiro atoms. The predicted molar refractivity (Wildman–Crippen MR) is 102 cm³/mol. The van der Waals surface area contributed by atoms with E-state index in [4.69, 9.17) is 9.52 Å². The number of aromatic nitrogens is 2. The van der Waals surface area contributed by atoms with Gasteiger partial charge in [-0.05, 0) is 67.2 Å². The van der Waals surface area contributed by atoms with Crippen molar-refractivity contribution in [3.63, 3.8) is 0 Å². The minimum atomic E-state index is -0.931. The maximum absolute atomic E-state index is 11.2. The van der Waals surface area contributed by atoms with Crippen molar-refractivity contribution in [2.24, 2.45) is 0 Å². The van der Waals surface area contributed by atoms with Gasteiger partial charge in [-0.2, -0.15) is 4.37 Å². The zero-order valence-electron chi connectivity index (χ0n) is 14.5. The highest BCUT2D eigenvalue weighted by molar-refractivity contribution is 7.09. The standard InChI is InChI=1S/C20H16N2O3S/c1-10-4-5-11(2)17-15(10)9-16(25-17)18-21-19(26-22-18)13-6-7-14(20(23)24)12(3)8-13/h4-9H,1-3H3,(H,23,24). The van der Waals surface area contributed by atoms with E-state index in [1.807, 2.05) is 32.0 Å². The Morgan fingerprint density at radius 3 is 2.50 bits per heavy atom. The Bertz CT molecular complexity index is 1120. The Balaban J connectivity index is 1.75. The molecule has 2 aromatic carbocycles. The molecule has 0 amide bonds. The summed E-state index contributed by atoms with van der Waals surface area (Å²) in [7, 11) is 0. The van der Waals surface area contributed by atoms with Crippen molar-refractivity contribution in [1.29, 1.82) is 0 Å². The second kappa shape index (κ2) is 6.07. The van der Waals surface area contributed by atoms with Crippen LogP contribution in [0.25, 0.3) is 33.1 Å². The fraction of sp³-hybridized carbons (Fsp3) is 0.150. The van der Waals surface area contributed by atoms with Gasteiger partial charge in [-0.25, -0.2) is 9.78 Å². The van der Waals surface area contributed by atoms with Crippen LogP contribution in [0, 0.1) is 20.8 Å². The fourth-order valence-electron chi connectivity index (χ4n) is 2.98. The molecule has 0 aliphatic heterocycles. The molecule has 0 saturated heterocycles. The number of carboxylic acids is 1.